The summed E-state index contributed by atoms with van der Waals surface area (Å²) in [6.45, 7) is 1.70. The first kappa shape index (κ1) is 25.6. The molecule has 0 unspecified atom stereocenters. The highest BCUT2D eigenvalue weighted by molar-refractivity contribution is 7.17. The molecule has 0 spiro atoms. The smallest absolute Gasteiger partial charge is 0.330 e. The Morgan fingerprint density at radius 2 is 1.58 bits per heavy atom. The van der Waals surface area contributed by atoms with E-state index in [-0.39, 0.29) is 17.1 Å². The van der Waals surface area contributed by atoms with E-state index in [0.717, 1.165) is 0 Å². The van der Waals surface area contributed by atoms with Gasteiger partial charge < -0.3 is 5.32 Å². The van der Waals surface area contributed by atoms with Gasteiger partial charge in [-0.2, -0.15) is 5.10 Å². The minimum Gasteiger partial charge on any atom is -0.332 e. The summed E-state index contributed by atoms with van der Waals surface area (Å²) in [5, 5.41) is 29.2. The lowest BCUT2D eigenvalue weighted by Crippen LogP contribution is -2.41. The normalized spacial score (nSPS) is 11.2. The van der Waals surface area contributed by atoms with Gasteiger partial charge in [-0.1, -0.05) is 17.4 Å². The number of carbonyl (C=O) groups excluding carboxylic acids is 2. The molecule has 15 heteroatoms. The quantitative estimate of drug-likeness (QED) is 0.0875. The summed E-state index contributed by atoms with van der Waals surface area (Å²) < 4.78 is 0. The number of hydrogen-bond donors (Lipinski definition) is 4. The predicted molar refractivity (Wildman–Crippen MR) is 132 cm³/mol. The summed E-state index contributed by atoms with van der Waals surface area (Å²) in [6, 6.07) is 11.5. The first-order valence-electron chi connectivity index (χ1n) is 9.98. The van der Waals surface area contributed by atoms with E-state index < -0.39 is 21.7 Å². The second kappa shape index (κ2) is 11.4. The number of nitrogens with zero attached hydrogens (tertiary/aromatic N) is 4. The lowest BCUT2D eigenvalue weighted by Gasteiger charge is -2.02. The van der Waals surface area contributed by atoms with E-state index in [1.165, 1.54) is 65.9 Å². The van der Waals surface area contributed by atoms with Crippen LogP contribution in [-0.4, -0.2) is 32.4 Å². The van der Waals surface area contributed by atoms with Crippen LogP contribution in [0.4, 0.5) is 22.2 Å². The number of aryl methyl sites for hydroxylation is 1. The Morgan fingerprint density at radius 3 is 2.14 bits per heavy atom. The highest BCUT2D eigenvalue weighted by atomic mass is 32.1. The number of nitro benzene ring substituents is 2. The molecule has 0 aliphatic rings. The summed E-state index contributed by atoms with van der Waals surface area (Å²) in [5.41, 5.74) is 5.63. The van der Waals surface area contributed by atoms with Crippen molar-refractivity contribution in [1.82, 2.24) is 15.8 Å². The molecule has 5 N–H and O–H groups in total. The molecule has 0 bridgehead atoms. The van der Waals surface area contributed by atoms with Gasteiger partial charge in [0.2, 0.25) is 0 Å². The molecule has 36 heavy (non-hydrogen) atoms. The molecule has 0 aliphatic heterocycles. The Balaban J connectivity index is 1.89. The van der Waals surface area contributed by atoms with Crippen LogP contribution in [0.5, 0.6) is 0 Å². The van der Waals surface area contributed by atoms with Crippen LogP contribution in [0, 0.1) is 27.2 Å². The standard InChI is InChI=1S/C21H18N8O6S/c1-12-18(36-21(23-12)24-14-5-9-16(10-6-14)29(34)35)17(26-27-20(31)19(30)25-22)11-4-13-2-7-15(8-3-13)28(32)33/h2-11H,22H2,1H3,(H,23,24)(H,25,30)(H,27,31)/b11-4+,26-17+. The largest absolute Gasteiger partial charge is 0.332 e. The molecule has 0 saturated carbocycles. The van der Waals surface area contributed by atoms with Crippen LogP contribution in [0.15, 0.2) is 59.7 Å². The Bertz CT molecular complexity index is 1370. The van der Waals surface area contributed by atoms with Crippen molar-refractivity contribution in [3.63, 3.8) is 0 Å². The molecule has 0 saturated heterocycles. The minimum absolute atomic E-state index is 0.0559. The van der Waals surface area contributed by atoms with E-state index in [4.69, 9.17) is 5.84 Å². The van der Waals surface area contributed by atoms with Crippen molar-refractivity contribution in [2.75, 3.05) is 5.32 Å². The van der Waals surface area contributed by atoms with Crippen LogP contribution >= 0.6 is 11.3 Å². The van der Waals surface area contributed by atoms with Gasteiger partial charge in [0.05, 0.1) is 20.4 Å². The summed E-state index contributed by atoms with van der Waals surface area (Å²) in [6.07, 6.45) is 3.15. The van der Waals surface area contributed by atoms with Gasteiger partial charge in [-0.05, 0) is 42.8 Å². The summed E-state index contributed by atoms with van der Waals surface area (Å²) in [4.78, 5) is 48.9. The number of aromatic nitrogens is 1. The third-order valence-electron chi connectivity index (χ3n) is 4.51. The van der Waals surface area contributed by atoms with E-state index in [1.807, 2.05) is 0 Å². The van der Waals surface area contributed by atoms with E-state index in [2.05, 4.69) is 20.8 Å². The molecule has 0 fully saturated rings. The number of carbonyl (C=O) groups is 2. The van der Waals surface area contributed by atoms with E-state index in [9.17, 15) is 29.8 Å². The maximum absolute atomic E-state index is 11.8. The number of amides is 2. The molecule has 14 nitrogen and oxygen atoms in total. The number of rotatable bonds is 8. The van der Waals surface area contributed by atoms with Crippen molar-refractivity contribution in [1.29, 1.82) is 0 Å². The van der Waals surface area contributed by atoms with E-state index in [1.54, 1.807) is 18.4 Å². The zero-order valence-electron chi connectivity index (χ0n) is 18.5. The van der Waals surface area contributed by atoms with Crippen LogP contribution in [0.25, 0.3) is 6.08 Å². The predicted octanol–water partition coefficient (Wildman–Crippen LogP) is 2.54. The molecular weight excluding hydrogens is 492 g/mol. The fraction of sp³-hybridized carbons (Fsp3) is 0.0476. The Kier molecular flexibility index (Phi) is 8.11. The molecule has 3 aromatic rings. The van der Waals surface area contributed by atoms with Crippen LogP contribution in [0.3, 0.4) is 0 Å². The van der Waals surface area contributed by atoms with Crippen molar-refractivity contribution in [2.24, 2.45) is 10.9 Å². The van der Waals surface area contributed by atoms with Crippen LogP contribution in [-0.2, 0) is 9.59 Å². The van der Waals surface area contributed by atoms with Gasteiger partial charge in [-0.25, -0.2) is 16.3 Å². The zero-order chi connectivity index (χ0) is 26.2. The number of non-ortho nitro benzene ring substituents is 2. The maximum Gasteiger partial charge on any atom is 0.330 e. The van der Waals surface area contributed by atoms with Gasteiger partial charge in [0.15, 0.2) is 5.13 Å². The Labute approximate surface area is 206 Å². The average molecular weight is 510 g/mol. The Morgan fingerprint density at radius 1 is 1.00 bits per heavy atom. The summed E-state index contributed by atoms with van der Waals surface area (Å²) in [7, 11) is 0. The molecule has 2 aromatic carbocycles. The van der Waals surface area contributed by atoms with Crippen molar-refractivity contribution in [3.05, 3.63) is 91.0 Å². The third-order valence-corrected chi connectivity index (χ3v) is 5.61. The number of nitrogens with two attached hydrogens (primary N) is 1. The molecule has 1 aromatic heterocycles. The number of thiazole rings is 1. The number of nitro groups is 2. The zero-order valence-corrected chi connectivity index (χ0v) is 19.3. The molecular formula is C21H18N8O6S. The average Bonchev–Trinajstić information content (AvgIpc) is 3.23. The van der Waals surface area contributed by atoms with Crippen LogP contribution in [0.2, 0.25) is 0 Å². The topological polar surface area (TPSA) is 208 Å². The number of anilines is 2. The molecule has 1 heterocycles. The molecule has 3 rings (SSSR count). The summed E-state index contributed by atoms with van der Waals surface area (Å²) >= 11 is 1.18. The lowest BCUT2D eigenvalue weighted by atomic mass is 10.1. The third kappa shape index (κ3) is 6.52. The number of hydrazine groups is 1. The van der Waals surface area contributed by atoms with Crippen LogP contribution in [0.1, 0.15) is 16.1 Å². The van der Waals surface area contributed by atoms with Crippen LogP contribution < -0.4 is 22.0 Å². The maximum atomic E-state index is 11.8. The minimum atomic E-state index is -1.10. The molecule has 0 atom stereocenters. The Hall–Kier alpha value is -5.02. The van der Waals surface area contributed by atoms with Gasteiger partial charge in [-0.3, -0.25) is 35.2 Å². The fourth-order valence-electron chi connectivity index (χ4n) is 2.75. The number of hydrazone groups is 1. The second-order valence-electron chi connectivity index (χ2n) is 6.96. The van der Waals surface area contributed by atoms with E-state index >= 15 is 0 Å². The van der Waals surface area contributed by atoms with Crippen molar-refractivity contribution < 1.29 is 19.4 Å². The number of nitrogens with one attached hydrogen (secondary N) is 3. The number of hydrogen-bond acceptors (Lipinski definition) is 11. The summed E-state index contributed by atoms with van der Waals surface area (Å²) in [5.74, 6) is 2.77. The van der Waals surface area contributed by atoms with Gasteiger partial charge in [-0.15, -0.1) is 0 Å². The second-order valence-corrected chi connectivity index (χ2v) is 7.96. The molecule has 2 amide bonds. The number of allylic oxidation sites excluding steroid dienone is 1. The molecule has 0 radical (unpaired) electrons. The van der Waals surface area contributed by atoms with Crippen molar-refractivity contribution >= 4 is 57.1 Å². The van der Waals surface area contributed by atoms with Gasteiger partial charge in [0, 0.05) is 30.0 Å². The van der Waals surface area contributed by atoms with Gasteiger partial charge in [0.25, 0.3) is 11.4 Å². The number of benzene rings is 2. The van der Waals surface area contributed by atoms with Crippen molar-refractivity contribution in [2.45, 2.75) is 6.92 Å². The van der Waals surface area contributed by atoms with E-state index in [0.29, 0.717) is 27.0 Å². The van der Waals surface area contributed by atoms with Gasteiger partial charge in [0.1, 0.15) is 5.71 Å². The first-order valence-corrected chi connectivity index (χ1v) is 10.8. The first-order chi connectivity index (χ1) is 17.2. The molecule has 184 valence electrons. The highest BCUT2D eigenvalue weighted by Gasteiger charge is 2.16. The van der Waals surface area contributed by atoms with Gasteiger partial charge >= 0.3 is 11.8 Å². The molecule has 0 aliphatic carbocycles. The van der Waals surface area contributed by atoms with Crippen molar-refractivity contribution in [3.8, 4) is 0 Å². The monoisotopic (exact) mass is 510 g/mol. The lowest BCUT2D eigenvalue weighted by molar-refractivity contribution is -0.385. The highest BCUT2D eigenvalue weighted by Crippen LogP contribution is 2.28. The SMILES string of the molecule is Cc1nc(Nc2ccc([N+](=O)[O-])cc2)sc1C(/C=C/c1ccc([N+](=O)[O-])cc1)=N/NC(=O)C(=O)NN. The fourth-order valence-corrected chi connectivity index (χ4v) is 3.71.